The van der Waals surface area contributed by atoms with Gasteiger partial charge >= 0.3 is 5.69 Å². The number of aromatic nitrogens is 2. The highest BCUT2D eigenvalue weighted by molar-refractivity contribution is 5.27. The molecule has 0 spiro atoms. The Kier molecular flexibility index (Phi) is 3.18. The lowest BCUT2D eigenvalue weighted by Gasteiger charge is -2.17. The third-order valence-corrected chi connectivity index (χ3v) is 3.24. The minimum atomic E-state index is -1.71. The van der Waals surface area contributed by atoms with Crippen LogP contribution in [0.15, 0.2) is 29.2 Å². The van der Waals surface area contributed by atoms with Crippen LogP contribution in [-0.2, 0) is 0 Å². The molecule has 18 heavy (non-hydrogen) atoms. The van der Waals surface area contributed by atoms with E-state index >= 15 is 0 Å². The third-order valence-electron chi connectivity index (χ3n) is 3.24. The predicted octanol–water partition coefficient (Wildman–Crippen LogP) is -0.756. The molecule has 0 unspecified atom stereocenters. The van der Waals surface area contributed by atoms with Crippen LogP contribution in [0, 0.1) is 5.92 Å². The van der Waals surface area contributed by atoms with Crippen LogP contribution < -0.4 is 11.4 Å². The van der Waals surface area contributed by atoms with Crippen molar-refractivity contribution >= 4 is 5.82 Å². The molecule has 4 atom stereocenters. The van der Waals surface area contributed by atoms with E-state index in [0.29, 0.717) is 0 Å². The van der Waals surface area contributed by atoms with E-state index in [1.807, 2.05) is 0 Å². The van der Waals surface area contributed by atoms with Gasteiger partial charge in [0.15, 0.2) is 6.17 Å². The van der Waals surface area contributed by atoms with Crippen LogP contribution in [0.4, 0.5) is 10.2 Å². The number of aliphatic hydroxyl groups is 2. The fourth-order valence-corrected chi connectivity index (χ4v) is 2.25. The summed E-state index contributed by atoms with van der Waals surface area (Å²) < 4.78 is 15.0. The molecule has 0 saturated heterocycles. The predicted molar refractivity (Wildman–Crippen MR) is 62.6 cm³/mol. The van der Waals surface area contributed by atoms with Crippen molar-refractivity contribution in [3.8, 4) is 0 Å². The van der Waals surface area contributed by atoms with Crippen molar-refractivity contribution < 1.29 is 14.6 Å². The van der Waals surface area contributed by atoms with Gasteiger partial charge in [-0.1, -0.05) is 6.58 Å². The van der Waals surface area contributed by atoms with Gasteiger partial charge in [0.05, 0.1) is 18.8 Å². The Morgan fingerprint density at radius 2 is 2.28 bits per heavy atom. The van der Waals surface area contributed by atoms with Crippen molar-refractivity contribution in [3.63, 3.8) is 0 Å². The number of rotatable bonds is 2. The lowest BCUT2D eigenvalue weighted by Crippen LogP contribution is -2.33. The summed E-state index contributed by atoms with van der Waals surface area (Å²) in [6.07, 6.45) is -1.78. The summed E-state index contributed by atoms with van der Waals surface area (Å²) in [5.41, 5.74) is 4.90. The Hall–Kier alpha value is -1.73. The standard InChI is InChI=1S/C11H14FN3O3/c1-5-6(4-16)10(17)8(12)9(5)15-3-2-7(13)14-11(15)18/h2-3,6,8-10,16-17H,1,4H2,(H2,13,14,18)/t6-,8+,9+,10+/m0/s1. The van der Waals surface area contributed by atoms with Gasteiger partial charge in [-0.15, -0.1) is 0 Å². The number of aliphatic hydroxyl groups excluding tert-OH is 2. The van der Waals surface area contributed by atoms with E-state index in [1.54, 1.807) is 0 Å². The first-order valence-corrected chi connectivity index (χ1v) is 5.43. The molecule has 4 N–H and O–H groups in total. The van der Waals surface area contributed by atoms with Crippen LogP contribution in [-0.4, -0.2) is 38.6 Å². The van der Waals surface area contributed by atoms with Gasteiger partial charge in [0.25, 0.3) is 0 Å². The van der Waals surface area contributed by atoms with E-state index in [0.717, 1.165) is 4.57 Å². The van der Waals surface area contributed by atoms with Gasteiger partial charge in [0.1, 0.15) is 5.82 Å². The lowest BCUT2D eigenvalue weighted by atomic mass is 10.0. The quantitative estimate of drug-likeness (QED) is 0.603. The SMILES string of the molecule is C=C1[C@@H](n2ccc(N)nc2=O)[C@@H](F)[C@H](O)[C@H]1CO. The van der Waals surface area contributed by atoms with Gasteiger partial charge in [0, 0.05) is 12.1 Å². The summed E-state index contributed by atoms with van der Waals surface area (Å²) in [5, 5.41) is 18.7. The van der Waals surface area contributed by atoms with Crippen molar-refractivity contribution in [2.45, 2.75) is 18.3 Å². The first-order chi connectivity index (χ1) is 8.47. The van der Waals surface area contributed by atoms with Gasteiger partial charge < -0.3 is 15.9 Å². The molecule has 0 bridgehead atoms. The first-order valence-electron chi connectivity index (χ1n) is 5.43. The minimum absolute atomic E-state index is 0.0366. The zero-order valence-electron chi connectivity index (χ0n) is 9.53. The summed E-state index contributed by atoms with van der Waals surface area (Å²) in [5.74, 6) is -0.746. The second-order valence-electron chi connectivity index (χ2n) is 4.29. The van der Waals surface area contributed by atoms with Crippen molar-refractivity contribution in [1.82, 2.24) is 9.55 Å². The number of hydrogen-bond acceptors (Lipinski definition) is 5. The number of nitrogens with two attached hydrogens (primary N) is 1. The normalized spacial score (nSPS) is 31.8. The summed E-state index contributed by atoms with van der Waals surface area (Å²) in [6, 6.07) is 0.331. The zero-order chi connectivity index (χ0) is 13.4. The molecule has 1 aromatic heterocycles. The van der Waals surface area contributed by atoms with Gasteiger partial charge in [-0.05, 0) is 11.6 Å². The molecule has 98 valence electrons. The number of hydrogen-bond donors (Lipinski definition) is 3. The summed E-state index contributed by atoms with van der Waals surface area (Å²) in [4.78, 5) is 15.1. The molecule has 1 aliphatic rings. The molecule has 0 aliphatic heterocycles. The van der Waals surface area contributed by atoms with Crippen molar-refractivity contribution in [1.29, 1.82) is 0 Å². The molecule has 6 nitrogen and oxygen atoms in total. The van der Waals surface area contributed by atoms with Gasteiger partial charge in [-0.3, -0.25) is 4.57 Å². The van der Waals surface area contributed by atoms with Crippen molar-refractivity contribution in [2.24, 2.45) is 5.92 Å². The minimum Gasteiger partial charge on any atom is -0.396 e. The van der Waals surface area contributed by atoms with Crippen LogP contribution in [0.1, 0.15) is 6.04 Å². The molecule has 1 aromatic rings. The lowest BCUT2D eigenvalue weighted by molar-refractivity contribution is 0.0419. The van der Waals surface area contributed by atoms with E-state index in [2.05, 4.69) is 11.6 Å². The number of nitrogens with zero attached hydrogens (tertiary/aromatic N) is 2. The maximum atomic E-state index is 14.0. The average Bonchev–Trinajstić information content (AvgIpc) is 2.52. The molecular weight excluding hydrogens is 241 g/mol. The largest absolute Gasteiger partial charge is 0.396 e. The van der Waals surface area contributed by atoms with E-state index in [4.69, 9.17) is 10.8 Å². The molecule has 0 radical (unpaired) electrons. The molecule has 1 fully saturated rings. The highest BCUT2D eigenvalue weighted by Gasteiger charge is 2.46. The van der Waals surface area contributed by atoms with Crippen LogP contribution >= 0.6 is 0 Å². The maximum Gasteiger partial charge on any atom is 0.350 e. The highest BCUT2D eigenvalue weighted by atomic mass is 19.1. The molecule has 2 rings (SSSR count). The van der Waals surface area contributed by atoms with Crippen LogP contribution in [0.3, 0.4) is 0 Å². The fourth-order valence-electron chi connectivity index (χ4n) is 2.25. The zero-order valence-corrected chi connectivity index (χ0v) is 9.53. The molecular formula is C11H14FN3O3. The third kappa shape index (κ3) is 1.81. The summed E-state index contributed by atoms with van der Waals surface area (Å²) >= 11 is 0. The van der Waals surface area contributed by atoms with E-state index in [9.17, 15) is 14.3 Å². The number of nitrogen functional groups attached to an aromatic ring is 1. The number of anilines is 1. The second-order valence-corrected chi connectivity index (χ2v) is 4.29. The van der Waals surface area contributed by atoms with Gasteiger partial charge in [-0.25, -0.2) is 9.18 Å². The Labute approximate surface area is 102 Å². The number of halogens is 1. The molecule has 0 amide bonds. The molecule has 0 aromatic carbocycles. The summed E-state index contributed by atoms with van der Waals surface area (Å²) in [6.45, 7) is 3.23. The summed E-state index contributed by atoms with van der Waals surface area (Å²) in [7, 11) is 0. The Bertz CT molecular complexity index is 531. The van der Waals surface area contributed by atoms with E-state index in [1.165, 1.54) is 12.3 Å². The Morgan fingerprint density at radius 3 is 2.78 bits per heavy atom. The van der Waals surface area contributed by atoms with Crippen LogP contribution in [0.2, 0.25) is 0 Å². The molecule has 7 heteroatoms. The topological polar surface area (TPSA) is 101 Å². The first kappa shape index (κ1) is 12.7. The van der Waals surface area contributed by atoms with E-state index < -0.39 is 36.5 Å². The Morgan fingerprint density at radius 1 is 1.61 bits per heavy atom. The highest BCUT2D eigenvalue weighted by Crippen LogP contribution is 2.40. The number of alkyl halides is 1. The van der Waals surface area contributed by atoms with E-state index in [-0.39, 0.29) is 11.4 Å². The fraction of sp³-hybridized carbons (Fsp3) is 0.455. The molecule has 1 aliphatic carbocycles. The molecule has 1 saturated carbocycles. The maximum absolute atomic E-state index is 14.0. The smallest absolute Gasteiger partial charge is 0.350 e. The van der Waals surface area contributed by atoms with Crippen LogP contribution in [0.5, 0.6) is 0 Å². The van der Waals surface area contributed by atoms with Gasteiger partial charge in [-0.2, -0.15) is 4.98 Å². The van der Waals surface area contributed by atoms with Crippen LogP contribution in [0.25, 0.3) is 0 Å². The van der Waals surface area contributed by atoms with Crippen molar-refractivity contribution in [2.75, 3.05) is 12.3 Å². The second kappa shape index (κ2) is 4.51. The molecule has 1 heterocycles. The Balaban J connectivity index is 2.45. The average molecular weight is 255 g/mol. The van der Waals surface area contributed by atoms with Crippen molar-refractivity contribution in [3.05, 3.63) is 34.9 Å². The van der Waals surface area contributed by atoms with Gasteiger partial charge in [0.2, 0.25) is 0 Å². The monoisotopic (exact) mass is 255 g/mol.